The Kier molecular flexibility index (Phi) is 10.7. The van der Waals surface area contributed by atoms with E-state index in [0.29, 0.717) is 32.2 Å². The first kappa shape index (κ1) is 25.9. The molecule has 1 fully saturated rings. The van der Waals surface area contributed by atoms with Crippen LogP contribution in [-0.4, -0.2) is 36.7 Å². The SMILES string of the molecule is CCNC(=NCc1cccc([N+](=O)[O-])c1)NCc1ccc(C)cc1OCC1CCCO1.I. The average Bonchev–Trinajstić information content (AvgIpc) is 3.29. The molecule has 174 valence electrons. The van der Waals surface area contributed by atoms with Crippen LogP contribution in [0.25, 0.3) is 0 Å². The number of nitrogens with zero attached hydrogens (tertiary/aromatic N) is 2. The molecule has 32 heavy (non-hydrogen) atoms. The Bertz CT molecular complexity index is 917. The molecule has 8 nitrogen and oxygen atoms in total. The van der Waals surface area contributed by atoms with Gasteiger partial charge in [-0.25, -0.2) is 4.99 Å². The zero-order valence-corrected chi connectivity index (χ0v) is 20.8. The van der Waals surface area contributed by atoms with Crippen LogP contribution < -0.4 is 15.4 Å². The number of ether oxygens (including phenoxy) is 2. The lowest BCUT2D eigenvalue weighted by molar-refractivity contribution is -0.384. The summed E-state index contributed by atoms with van der Waals surface area (Å²) in [7, 11) is 0. The zero-order valence-electron chi connectivity index (χ0n) is 18.5. The van der Waals surface area contributed by atoms with E-state index in [9.17, 15) is 10.1 Å². The summed E-state index contributed by atoms with van der Waals surface area (Å²) in [6.45, 7) is 6.99. The molecule has 3 rings (SSSR count). The maximum Gasteiger partial charge on any atom is 0.269 e. The van der Waals surface area contributed by atoms with Gasteiger partial charge in [0.15, 0.2) is 5.96 Å². The third kappa shape index (κ3) is 7.94. The highest BCUT2D eigenvalue weighted by atomic mass is 127. The van der Waals surface area contributed by atoms with E-state index in [-0.39, 0.29) is 35.8 Å². The van der Waals surface area contributed by atoms with Gasteiger partial charge in [-0.2, -0.15) is 0 Å². The topological polar surface area (TPSA) is 98.0 Å². The second-order valence-corrected chi connectivity index (χ2v) is 7.53. The zero-order chi connectivity index (χ0) is 22.1. The van der Waals surface area contributed by atoms with Crippen LogP contribution in [0, 0.1) is 17.0 Å². The van der Waals surface area contributed by atoms with Crippen LogP contribution in [0.3, 0.4) is 0 Å². The molecule has 0 saturated carbocycles. The summed E-state index contributed by atoms with van der Waals surface area (Å²) in [5.41, 5.74) is 3.02. The molecular weight excluding hydrogens is 523 g/mol. The number of non-ortho nitro benzene ring substituents is 1. The van der Waals surface area contributed by atoms with E-state index in [1.807, 2.05) is 26.0 Å². The fraction of sp³-hybridized carbons (Fsp3) is 0.435. The predicted octanol–water partition coefficient (Wildman–Crippen LogP) is 4.33. The maximum atomic E-state index is 11.0. The highest BCUT2D eigenvalue weighted by molar-refractivity contribution is 14.0. The number of nitrogens with one attached hydrogen (secondary N) is 2. The third-order valence-electron chi connectivity index (χ3n) is 5.00. The van der Waals surface area contributed by atoms with Crippen LogP contribution in [0.4, 0.5) is 5.69 Å². The summed E-state index contributed by atoms with van der Waals surface area (Å²) < 4.78 is 11.7. The predicted molar refractivity (Wildman–Crippen MR) is 136 cm³/mol. The van der Waals surface area contributed by atoms with Gasteiger partial charge in [-0.1, -0.05) is 24.3 Å². The van der Waals surface area contributed by atoms with Gasteiger partial charge in [-0.15, -0.1) is 24.0 Å². The number of halogens is 1. The van der Waals surface area contributed by atoms with Crippen molar-refractivity contribution in [2.24, 2.45) is 4.99 Å². The van der Waals surface area contributed by atoms with Crippen molar-refractivity contribution in [1.29, 1.82) is 0 Å². The fourth-order valence-electron chi connectivity index (χ4n) is 3.36. The average molecular weight is 554 g/mol. The van der Waals surface area contributed by atoms with Crippen LogP contribution in [0.1, 0.15) is 36.5 Å². The number of rotatable bonds is 9. The first-order valence-electron chi connectivity index (χ1n) is 10.6. The molecule has 1 unspecified atom stereocenters. The van der Waals surface area contributed by atoms with Crippen molar-refractivity contribution in [3.8, 4) is 5.75 Å². The molecule has 1 saturated heterocycles. The van der Waals surface area contributed by atoms with Crippen LogP contribution >= 0.6 is 24.0 Å². The number of benzene rings is 2. The molecule has 9 heteroatoms. The maximum absolute atomic E-state index is 11.0. The number of nitro benzene ring substituents is 1. The minimum atomic E-state index is -0.397. The van der Waals surface area contributed by atoms with Crippen LogP contribution in [0.5, 0.6) is 5.75 Å². The number of guanidine groups is 1. The Hall–Kier alpha value is -2.40. The summed E-state index contributed by atoms with van der Waals surface area (Å²) in [5, 5.41) is 17.5. The molecule has 1 aliphatic heterocycles. The van der Waals surface area contributed by atoms with E-state index in [4.69, 9.17) is 9.47 Å². The molecule has 2 aromatic rings. The lowest BCUT2D eigenvalue weighted by Gasteiger charge is -2.17. The summed E-state index contributed by atoms with van der Waals surface area (Å²) in [5.74, 6) is 1.48. The molecule has 0 radical (unpaired) electrons. The molecule has 1 atom stereocenters. The van der Waals surface area contributed by atoms with Gasteiger partial charge in [0.2, 0.25) is 0 Å². The molecular formula is C23H31IN4O4. The molecule has 0 spiro atoms. The third-order valence-corrected chi connectivity index (χ3v) is 5.00. The number of aliphatic imine (C=N–C) groups is 1. The van der Waals surface area contributed by atoms with E-state index in [1.165, 1.54) is 6.07 Å². The monoisotopic (exact) mass is 554 g/mol. The van der Waals surface area contributed by atoms with E-state index < -0.39 is 4.92 Å². The molecule has 0 aromatic heterocycles. The Labute approximate surface area is 206 Å². The second kappa shape index (κ2) is 13.2. The van der Waals surface area contributed by atoms with Crippen molar-refractivity contribution in [2.45, 2.75) is 45.9 Å². The minimum Gasteiger partial charge on any atom is -0.491 e. The van der Waals surface area contributed by atoms with Crippen molar-refractivity contribution >= 4 is 35.6 Å². The first-order chi connectivity index (χ1) is 15.0. The van der Waals surface area contributed by atoms with Crippen LogP contribution in [0.2, 0.25) is 0 Å². The van der Waals surface area contributed by atoms with E-state index in [2.05, 4.69) is 27.8 Å². The van der Waals surface area contributed by atoms with Gasteiger partial charge < -0.3 is 20.1 Å². The number of aryl methyl sites for hydroxylation is 1. The smallest absolute Gasteiger partial charge is 0.269 e. The van der Waals surface area contributed by atoms with Crippen molar-refractivity contribution < 1.29 is 14.4 Å². The summed E-state index contributed by atoms with van der Waals surface area (Å²) in [4.78, 5) is 15.1. The fourth-order valence-corrected chi connectivity index (χ4v) is 3.36. The Morgan fingerprint density at radius 2 is 2.12 bits per heavy atom. The number of hydrogen-bond donors (Lipinski definition) is 2. The Balaban J connectivity index is 0.00000363. The van der Waals surface area contributed by atoms with Crippen molar-refractivity contribution in [1.82, 2.24) is 10.6 Å². The largest absolute Gasteiger partial charge is 0.491 e. The van der Waals surface area contributed by atoms with Crippen LogP contribution in [0.15, 0.2) is 47.5 Å². The Morgan fingerprint density at radius 3 is 2.84 bits per heavy atom. The van der Waals surface area contributed by atoms with Gasteiger partial charge in [0.1, 0.15) is 12.4 Å². The number of hydrogen-bond acceptors (Lipinski definition) is 5. The minimum absolute atomic E-state index is 0. The van der Waals surface area contributed by atoms with E-state index >= 15 is 0 Å². The number of nitro groups is 1. The Morgan fingerprint density at radius 1 is 1.28 bits per heavy atom. The molecule has 1 heterocycles. The quantitative estimate of drug-likeness (QED) is 0.158. The van der Waals surface area contributed by atoms with E-state index in [0.717, 1.165) is 41.9 Å². The van der Waals surface area contributed by atoms with Crippen molar-refractivity contribution in [3.63, 3.8) is 0 Å². The van der Waals surface area contributed by atoms with Crippen molar-refractivity contribution in [2.75, 3.05) is 19.8 Å². The van der Waals surface area contributed by atoms with Gasteiger partial charge in [-0.05, 0) is 43.9 Å². The summed E-state index contributed by atoms with van der Waals surface area (Å²) in [6.07, 6.45) is 2.28. The van der Waals surface area contributed by atoms with E-state index in [1.54, 1.807) is 12.1 Å². The van der Waals surface area contributed by atoms with Crippen LogP contribution in [-0.2, 0) is 17.8 Å². The molecule has 0 amide bonds. The molecule has 0 bridgehead atoms. The van der Waals surface area contributed by atoms with Gasteiger partial charge in [-0.3, -0.25) is 10.1 Å². The molecule has 1 aliphatic rings. The summed E-state index contributed by atoms with van der Waals surface area (Å²) >= 11 is 0. The molecule has 2 aromatic carbocycles. The highest BCUT2D eigenvalue weighted by Crippen LogP contribution is 2.22. The lowest BCUT2D eigenvalue weighted by Crippen LogP contribution is -2.36. The molecule has 2 N–H and O–H groups in total. The van der Waals surface area contributed by atoms with Crippen molar-refractivity contribution in [3.05, 3.63) is 69.3 Å². The lowest BCUT2D eigenvalue weighted by atomic mass is 10.1. The van der Waals surface area contributed by atoms with Gasteiger partial charge >= 0.3 is 0 Å². The van der Waals surface area contributed by atoms with Gasteiger partial charge in [0, 0.05) is 37.4 Å². The normalized spacial score (nSPS) is 15.7. The second-order valence-electron chi connectivity index (χ2n) is 7.53. The summed E-state index contributed by atoms with van der Waals surface area (Å²) in [6, 6.07) is 12.7. The molecule has 0 aliphatic carbocycles. The standard InChI is InChI=1S/C23H30N4O4.HI/c1-3-24-23(25-14-18-6-4-7-20(13-18)27(28)29)26-15-19-10-9-17(2)12-22(19)31-16-21-8-5-11-30-21;/h4,6-7,9-10,12-13,21H,3,5,8,11,14-16H2,1-2H3,(H2,24,25,26);1H. The first-order valence-corrected chi connectivity index (χ1v) is 10.6. The highest BCUT2D eigenvalue weighted by Gasteiger charge is 2.17. The van der Waals surface area contributed by atoms with Gasteiger partial charge in [0.05, 0.1) is 17.6 Å². The van der Waals surface area contributed by atoms with Gasteiger partial charge in [0.25, 0.3) is 5.69 Å².